The van der Waals surface area contributed by atoms with E-state index in [-0.39, 0.29) is 0 Å². The third kappa shape index (κ3) is 3.73. The summed E-state index contributed by atoms with van der Waals surface area (Å²) in [5.41, 5.74) is 0. The highest BCUT2D eigenvalue weighted by Crippen LogP contribution is 1.92. The quantitative estimate of drug-likeness (QED) is 0.374. The van der Waals surface area contributed by atoms with Crippen LogP contribution in [-0.2, 0) is 9.53 Å². The van der Waals surface area contributed by atoms with Gasteiger partial charge in [-0.15, -0.1) is 0 Å². The molecule has 0 atom stereocenters. The van der Waals surface area contributed by atoms with E-state index in [1.54, 1.807) is 18.9 Å². The molecular weight excluding hydrogens is 168 g/mol. The van der Waals surface area contributed by atoms with Crippen LogP contribution < -0.4 is 0 Å². The lowest BCUT2D eigenvalue weighted by Crippen LogP contribution is -2.34. The number of carbonyl (C=O) groups excluding carboxylic acids is 1. The number of nitrogens with zero attached hydrogens (tertiary/aromatic N) is 2. The predicted molar refractivity (Wildman–Crippen MR) is 52.6 cm³/mol. The summed E-state index contributed by atoms with van der Waals surface area (Å²) in [5.74, 6) is -0.119. The number of esters is 1. The molecule has 0 radical (unpaired) electrons. The van der Waals surface area contributed by atoms with Crippen molar-refractivity contribution in [1.29, 1.82) is 0 Å². The Kier molecular flexibility index (Phi) is 5.59. The van der Waals surface area contributed by atoms with Crippen LogP contribution in [0.2, 0.25) is 0 Å². The second kappa shape index (κ2) is 6.22. The van der Waals surface area contributed by atoms with E-state index in [9.17, 15) is 4.79 Å². The molecule has 0 bridgehead atoms. The highest BCUT2D eigenvalue weighted by atomic mass is 16.5. The average molecular weight is 184 g/mol. The number of carbonyl (C=O) groups is 1. The molecule has 0 aromatic carbocycles. The van der Waals surface area contributed by atoms with Crippen LogP contribution in [0.3, 0.4) is 0 Å². The Labute approximate surface area is 78.9 Å². The maximum Gasteiger partial charge on any atom is 0.374 e. The first-order chi connectivity index (χ1) is 6.17. The van der Waals surface area contributed by atoms with Crippen molar-refractivity contribution in [2.75, 3.05) is 20.2 Å². The third-order valence-electron chi connectivity index (χ3n) is 1.51. The highest BCUT2D eigenvalue weighted by Gasteiger charge is 2.15. The van der Waals surface area contributed by atoms with Crippen LogP contribution in [0.15, 0.2) is 17.8 Å². The maximum atomic E-state index is 11.3. The summed E-state index contributed by atoms with van der Waals surface area (Å²) >= 11 is 0. The SMILES string of the molecule is C=CN=C(C(=O)OCC)N(C)CC. The molecule has 0 aromatic heterocycles. The van der Waals surface area contributed by atoms with Gasteiger partial charge in [-0.25, -0.2) is 9.79 Å². The molecule has 74 valence electrons. The van der Waals surface area contributed by atoms with Gasteiger partial charge < -0.3 is 9.64 Å². The molecule has 0 unspecified atom stereocenters. The van der Waals surface area contributed by atoms with Crippen LogP contribution in [0.25, 0.3) is 0 Å². The second-order valence-electron chi connectivity index (χ2n) is 2.37. The van der Waals surface area contributed by atoms with E-state index in [1.165, 1.54) is 6.20 Å². The van der Waals surface area contributed by atoms with Crippen molar-refractivity contribution >= 4 is 11.8 Å². The van der Waals surface area contributed by atoms with E-state index < -0.39 is 5.97 Å². The molecule has 0 aliphatic heterocycles. The molecule has 4 heteroatoms. The zero-order valence-electron chi connectivity index (χ0n) is 8.41. The topological polar surface area (TPSA) is 41.9 Å². The number of aliphatic imine (C=N–C) groups is 1. The van der Waals surface area contributed by atoms with Crippen molar-refractivity contribution in [2.45, 2.75) is 13.8 Å². The zero-order valence-corrected chi connectivity index (χ0v) is 8.41. The average Bonchev–Trinajstić information content (AvgIpc) is 2.13. The molecule has 0 aliphatic carbocycles. The van der Waals surface area contributed by atoms with Gasteiger partial charge in [-0.2, -0.15) is 0 Å². The normalized spacial score (nSPS) is 10.8. The Morgan fingerprint density at radius 2 is 2.23 bits per heavy atom. The Hall–Kier alpha value is -1.32. The fourth-order valence-corrected chi connectivity index (χ4v) is 0.739. The van der Waals surface area contributed by atoms with Gasteiger partial charge in [-0.1, -0.05) is 6.58 Å². The predicted octanol–water partition coefficient (Wildman–Crippen LogP) is 1.04. The number of rotatable bonds is 3. The summed E-state index contributed by atoms with van der Waals surface area (Å²) in [4.78, 5) is 16.8. The molecule has 0 saturated heterocycles. The lowest BCUT2D eigenvalue weighted by atomic mass is 10.5. The van der Waals surface area contributed by atoms with Crippen molar-refractivity contribution < 1.29 is 9.53 Å². The minimum atomic E-state index is -0.410. The van der Waals surface area contributed by atoms with Crippen LogP contribution in [0.4, 0.5) is 0 Å². The fraction of sp³-hybridized carbons (Fsp3) is 0.556. The molecular formula is C9H16N2O2. The number of likely N-dealkylation sites (N-methyl/N-ethyl adjacent to an activating group) is 1. The molecule has 0 aliphatic rings. The molecule has 0 aromatic rings. The first kappa shape index (κ1) is 11.7. The summed E-state index contributed by atoms with van der Waals surface area (Å²) in [6.07, 6.45) is 1.33. The summed E-state index contributed by atoms with van der Waals surface area (Å²) in [6, 6.07) is 0. The Bertz CT molecular complexity index is 212. The van der Waals surface area contributed by atoms with Gasteiger partial charge in [0.05, 0.1) is 6.61 Å². The van der Waals surface area contributed by atoms with Crippen LogP contribution >= 0.6 is 0 Å². The first-order valence-corrected chi connectivity index (χ1v) is 4.24. The molecule has 4 nitrogen and oxygen atoms in total. The fourth-order valence-electron chi connectivity index (χ4n) is 0.739. The van der Waals surface area contributed by atoms with Crippen LogP contribution in [0, 0.1) is 0 Å². The van der Waals surface area contributed by atoms with Crippen molar-refractivity contribution in [3.8, 4) is 0 Å². The molecule has 13 heavy (non-hydrogen) atoms. The van der Waals surface area contributed by atoms with Gasteiger partial charge in [0.1, 0.15) is 0 Å². The zero-order chi connectivity index (χ0) is 10.3. The summed E-state index contributed by atoms with van der Waals surface area (Å²) in [6.45, 7) is 8.18. The van der Waals surface area contributed by atoms with E-state index in [1.807, 2.05) is 6.92 Å². The number of amidine groups is 1. The largest absolute Gasteiger partial charge is 0.460 e. The number of hydrogen-bond donors (Lipinski definition) is 0. The number of hydrogen-bond acceptors (Lipinski definition) is 3. The maximum absolute atomic E-state index is 11.3. The first-order valence-electron chi connectivity index (χ1n) is 4.24. The second-order valence-corrected chi connectivity index (χ2v) is 2.37. The van der Waals surface area contributed by atoms with E-state index in [4.69, 9.17) is 4.74 Å². The van der Waals surface area contributed by atoms with Gasteiger partial charge in [0.2, 0.25) is 5.84 Å². The Balaban J connectivity index is 4.51. The molecule has 0 heterocycles. The van der Waals surface area contributed by atoms with Gasteiger partial charge in [0.15, 0.2) is 0 Å². The Morgan fingerprint density at radius 1 is 1.62 bits per heavy atom. The van der Waals surface area contributed by atoms with E-state index in [0.29, 0.717) is 19.0 Å². The minimum Gasteiger partial charge on any atom is -0.460 e. The minimum absolute atomic E-state index is 0.291. The molecule has 0 spiro atoms. The molecule has 0 N–H and O–H groups in total. The van der Waals surface area contributed by atoms with E-state index >= 15 is 0 Å². The third-order valence-corrected chi connectivity index (χ3v) is 1.51. The molecule has 0 saturated carbocycles. The van der Waals surface area contributed by atoms with Gasteiger partial charge in [0, 0.05) is 19.8 Å². The van der Waals surface area contributed by atoms with Crippen LogP contribution in [0.1, 0.15) is 13.8 Å². The van der Waals surface area contributed by atoms with Crippen molar-refractivity contribution in [2.24, 2.45) is 4.99 Å². The van der Waals surface area contributed by atoms with E-state index in [2.05, 4.69) is 11.6 Å². The van der Waals surface area contributed by atoms with Gasteiger partial charge in [-0.05, 0) is 13.8 Å². The molecule has 0 fully saturated rings. The summed E-state index contributed by atoms with van der Waals surface area (Å²) < 4.78 is 4.82. The van der Waals surface area contributed by atoms with Crippen molar-refractivity contribution in [3.05, 3.63) is 12.8 Å². The Morgan fingerprint density at radius 3 is 2.62 bits per heavy atom. The van der Waals surface area contributed by atoms with Gasteiger partial charge >= 0.3 is 5.97 Å². The standard InChI is InChI=1S/C9H16N2O2/c1-5-10-8(11(4)6-2)9(12)13-7-3/h5H,1,6-7H2,2-4H3. The van der Waals surface area contributed by atoms with Crippen molar-refractivity contribution in [1.82, 2.24) is 4.90 Å². The van der Waals surface area contributed by atoms with Crippen molar-refractivity contribution in [3.63, 3.8) is 0 Å². The van der Waals surface area contributed by atoms with Gasteiger partial charge in [-0.3, -0.25) is 0 Å². The number of ether oxygens (including phenoxy) is 1. The smallest absolute Gasteiger partial charge is 0.374 e. The van der Waals surface area contributed by atoms with Gasteiger partial charge in [0.25, 0.3) is 0 Å². The lowest BCUT2D eigenvalue weighted by molar-refractivity contribution is -0.135. The highest BCUT2D eigenvalue weighted by molar-refractivity contribution is 6.35. The summed E-state index contributed by atoms with van der Waals surface area (Å²) in [7, 11) is 1.78. The molecule has 0 rings (SSSR count). The van der Waals surface area contributed by atoms with E-state index in [0.717, 1.165) is 0 Å². The monoisotopic (exact) mass is 184 g/mol. The molecule has 0 amide bonds. The lowest BCUT2D eigenvalue weighted by Gasteiger charge is -2.16. The van der Waals surface area contributed by atoms with Crippen LogP contribution in [-0.4, -0.2) is 36.9 Å². The van der Waals surface area contributed by atoms with Crippen LogP contribution in [0.5, 0.6) is 0 Å². The summed E-state index contributed by atoms with van der Waals surface area (Å²) in [5, 5.41) is 0.